The van der Waals surface area contributed by atoms with Gasteiger partial charge in [0.15, 0.2) is 11.6 Å². The summed E-state index contributed by atoms with van der Waals surface area (Å²) >= 11 is 0. The van der Waals surface area contributed by atoms with Crippen LogP contribution in [-0.4, -0.2) is 48.5 Å². The Hall–Kier alpha value is -4.76. The van der Waals surface area contributed by atoms with Crippen molar-refractivity contribution in [2.45, 2.75) is 26.2 Å². The number of fused-ring (bicyclic) bond motifs is 1. The Balaban J connectivity index is 1.65. The molecule has 0 aliphatic rings. The summed E-state index contributed by atoms with van der Waals surface area (Å²) in [5.74, 6) is 1.31. The topological polar surface area (TPSA) is 166 Å². The van der Waals surface area contributed by atoms with Gasteiger partial charge in [-0.1, -0.05) is 45.0 Å². The van der Waals surface area contributed by atoms with E-state index in [1.54, 1.807) is 31.5 Å². The second-order valence-corrected chi connectivity index (χ2v) is 14.1. The average molecular weight is 589 g/mol. The number of benzene rings is 3. The summed E-state index contributed by atoms with van der Waals surface area (Å²) in [6.07, 6.45) is 2.65. The number of amides is 2. The van der Waals surface area contributed by atoms with E-state index in [1.807, 2.05) is 36.4 Å². The average Bonchev–Trinajstić information content (AvgIpc) is 2.93. The second-order valence-electron chi connectivity index (χ2n) is 10.9. The number of aromatic nitrogens is 2. The number of carbonyl (C=O) groups is 1. The number of nitrogens with two attached hydrogens (primary N) is 2. The molecule has 4 aromatic rings. The summed E-state index contributed by atoms with van der Waals surface area (Å²) in [7, 11) is -1.23. The van der Waals surface area contributed by atoms with Crippen LogP contribution in [0.2, 0.25) is 0 Å². The molecule has 0 bridgehead atoms. The molecule has 2 amide bonds. The number of methoxy groups -OCH3 is 1. The van der Waals surface area contributed by atoms with Crippen LogP contribution in [-0.2, 0) is 9.98 Å². The summed E-state index contributed by atoms with van der Waals surface area (Å²) in [5.41, 5.74) is 7.30. The summed E-state index contributed by atoms with van der Waals surface area (Å²) in [5, 5.41) is 13.3. The third-order valence-electron chi connectivity index (χ3n) is 6.33. The molecule has 12 heteroatoms. The first-order valence-corrected chi connectivity index (χ1v) is 15.7. The molecule has 0 spiro atoms. The molecule has 0 aliphatic carbocycles. The van der Waals surface area contributed by atoms with Crippen molar-refractivity contribution >= 4 is 58.6 Å². The lowest BCUT2D eigenvalue weighted by atomic mass is 9.86. The van der Waals surface area contributed by atoms with Gasteiger partial charge in [-0.2, -0.15) is 9.98 Å². The van der Waals surface area contributed by atoms with Crippen LogP contribution in [0, 0.1) is 0 Å². The minimum Gasteiger partial charge on any atom is -0.494 e. The number of hydrogen-bond donors (Lipinski definition) is 4. The van der Waals surface area contributed by atoms with Crippen molar-refractivity contribution in [2.24, 2.45) is 10.7 Å². The summed E-state index contributed by atoms with van der Waals surface area (Å²) in [6.45, 7) is 9.52. The molecule has 3 aromatic carbocycles. The van der Waals surface area contributed by atoms with Crippen LogP contribution in [0.25, 0.3) is 10.8 Å². The van der Waals surface area contributed by atoms with Gasteiger partial charge in [0.2, 0.25) is 12.1 Å². The molecule has 0 fully saturated rings. The number of ether oxygens (including phenoxy) is 2. The Labute approximate surface area is 244 Å². The van der Waals surface area contributed by atoms with Crippen LogP contribution >= 0.6 is 7.14 Å². The third-order valence-corrected chi connectivity index (χ3v) is 7.82. The number of nitrogens with one attached hydrogen (secondary N) is 2. The maximum Gasteiger partial charge on any atom is 0.323 e. The Morgan fingerprint density at radius 1 is 1.05 bits per heavy atom. The van der Waals surface area contributed by atoms with Crippen molar-refractivity contribution in [3.63, 3.8) is 0 Å². The van der Waals surface area contributed by atoms with E-state index in [2.05, 4.69) is 46.4 Å². The normalized spacial score (nSPS) is 12.1. The van der Waals surface area contributed by atoms with Crippen molar-refractivity contribution in [3.05, 3.63) is 66.4 Å². The Morgan fingerprint density at radius 3 is 2.38 bits per heavy atom. The molecule has 6 N–H and O–H groups in total. The molecule has 0 saturated heterocycles. The van der Waals surface area contributed by atoms with Gasteiger partial charge < -0.3 is 30.4 Å². The largest absolute Gasteiger partial charge is 0.494 e. The molecule has 0 saturated carbocycles. The van der Waals surface area contributed by atoms with Gasteiger partial charge in [0.25, 0.3) is 5.95 Å². The minimum atomic E-state index is -2.72. The Bertz CT molecular complexity index is 1740. The summed E-state index contributed by atoms with van der Waals surface area (Å²) in [4.78, 5) is 25.6. The van der Waals surface area contributed by atoms with E-state index in [4.69, 9.17) is 20.6 Å². The van der Waals surface area contributed by atoms with Crippen molar-refractivity contribution in [1.82, 2.24) is 9.97 Å². The van der Waals surface area contributed by atoms with Gasteiger partial charge in [-0.25, -0.2) is 9.78 Å². The SMILES string of the molecule is COc1c(NC(=O)Nc2ccc(Oc3ccnc(N=C(N)C=[NH2+])n3)c3ccccc23)cc(C(C)(C)C)cc1P(C)(C)=O. The molecule has 0 aliphatic heterocycles. The maximum absolute atomic E-state index is 13.3. The molecule has 1 heterocycles. The van der Waals surface area contributed by atoms with Crippen LogP contribution in [0.5, 0.6) is 17.4 Å². The monoisotopic (exact) mass is 588 g/mol. The highest BCUT2D eigenvalue weighted by Gasteiger charge is 2.26. The predicted molar refractivity (Wildman–Crippen MR) is 169 cm³/mol. The number of anilines is 2. The Morgan fingerprint density at radius 2 is 1.74 bits per heavy atom. The Kier molecular flexibility index (Phi) is 8.63. The van der Waals surface area contributed by atoms with E-state index in [1.165, 1.54) is 13.3 Å². The van der Waals surface area contributed by atoms with Gasteiger partial charge >= 0.3 is 6.03 Å². The van der Waals surface area contributed by atoms with Crippen LogP contribution < -0.4 is 36.6 Å². The smallest absolute Gasteiger partial charge is 0.323 e. The lowest BCUT2D eigenvalue weighted by Gasteiger charge is -2.25. The molecule has 11 nitrogen and oxygen atoms in total. The van der Waals surface area contributed by atoms with Crippen LogP contribution in [0.3, 0.4) is 0 Å². The van der Waals surface area contributed by atoms with Crippen LogP contribution in [0.15, 0.2) is 65.8 Å². The van der Waals surface area contributed by atoms with E-state index in [9.17, 15) is 9.36 Å². The van der Waals surface area contributed by atoms with E-state index >= 15 is 0 Å². The molecule has 0 radical (unpaired) electrons. The zero-order valence-electron chi connectivity index (χ0n) is 24.4. The number of hydrogen-bond acceptors (Lipinski definition) is 7. The van der Waals surface area contributed by atoms with Gasteiger partial charge in [0.05, 0.1) is 23.8 Å². The van der Waals surface area contributed by atoms with Crippen LogP contribution in [0.4, 0.5) is 22.1 Å². The van der Waals surface area contributed by atoms with Crippen molar-refractivity contribution in [1.29, 1.82) is 0 Å². The molecule has 1 aromatic heterocycles. The first kappa shape index (κ1) is 30.2. The third kappa shape index (κ3) is 6.92. The molecule has 42 heavy (non-hydrogen) atoms. The number of rotatable bonds is 8. The van der Waals surface area contributed by atoms with Gasteiger partial charge in [-0.15, -0.1) is 0 Å². The van der Waals surface area contributed by atoms with Crippen LogP contribution in [0.1, 0.15) is 26.3 Å². The quantitative estimate of drug-likeness (QED) is 0.134. The maximum atomic E-state index is 13.3. The highest BCUT2D eigenvalue weighted by atomic mass is 31.2. The number of amidine groups is 1. The number of carbonyl (C=O) groups excluding carboxylic acids is 1. The van der Waals surface area contributed by atoms with Crippen molar-refractivity contribution in [3.8, 4) is 17.4 Å². The van der Waals surface area contributed by atoms with E-state index < -0.39 is 13.2 Å². The van der Waals surface area contributed by atoms with Gasteiger partial charge in [0.1, 0.15) is 12.9 Å². The number of urea groups is 1. The molecule has 218 valence electrons. The zero-order chi connectivity index (χ0) is 30.7. The van der Waals surface area contributed by atoms with Gasteiger partial charge in [-0.05, 0) is 48.6 Å². The first-order chi connectivity index (χ1) is 19.8. The minimum absolute atomic E-state index is 0.0729. The van der Waals surface area contributed by atoms with Crippen molar-refractivity contribution < 1.29 is 24.2 Å². The van der Waals surface area contributed by atoms with Crippen molar-refractivity contribution in [2.75, 3.05) is 31.1 Å². The molecule has 4 rings (SSSR count). The molecular weight excluding hydrogens is 553 g/mol. The van der Waals surface area contributed by atoms with E-state index in [0.29, 0.717) is 28.2 Å². The van der Waals surface area contributed by atoms with Gasteiger partial charge in [-0.3, -0.25) is 5.41 Å². The fraction of sp³-hybridized carbons (Fsp3) is 0.233. The predicted octanol–water partition coefficient (Wildman–Crippen LogP) is 4.44. The lowest BCUT2D eigenvalue weighted by Crippen LogP contribution is -2.37. The molecule has 0 unspecified atom stereocenters. The fourth-order valence-electron chi connectivity index (χ4n) is 4.21. The standard InChI is InChI=1S/C30H34N7O4P/c1-30(2,3)18-15-22(27(40-4)24(16-18)42(5,6)39)35-29(38)34-21-11-12-23(20-10-8-7-9-19(20)21)41-26-13-14-33-28(37-26)36-25(32)17-31/h7-17,31H,1-6H3,(H2,34,35,38)(H2,32,33,36,37)/p+1. The molecule has 0 atom stereocenters. The number of aliphatic imine (C=N–C) groups is 1. The fourth-order valence-corrected chi connectivity index (χ4v) is 5.36. The summed E-state index contributed by atoms with van der Waals surface area (Å²) in [6, 6.07) is 15.8. The lowest BCUT2D eigenvalue weighted by molar-refractivity contribution is -0.102. The first-order valence-electron chi connectivity index (χ1n) is 13.1. The second kappa shape index (κ2) is 12.0. The molecular formula is C30H35N7O4P+. The van der Waals surface area contributed by atoms with E-state index in [0.717, 1.165) is 22.6 Å². The van der Waals surface area contributed by atoms with Gasteiger partial charge in [0, 0.05) is 23.0 Å². The highest BCUT2D eigenvalue weighted by Crippen LogP contribution is 2.43. The highest BCUT2D eigenvalue weighted by molar-refractivity contribution is 7.70. The zero-order valence-corrected chi connectivity index (χ0v) is 25.3. The summed E-state index contributed by atoms with van der Waals surface area (Å²) < 4.78 is 24.8. The number of nitrogens with zero attached hydrogens (tertiary/aromatic N) is 3. The van der Waals surface area contributed by atoms with E-state index in [-0.39, 0.29) is 23.1 Å².